The summed E-state index contributed by atoms with van der Waals surface area (Å²) in [4.78, 5) is 11.3. The van der Waals surface area contributed by atoms with Crippen LogP contribution in [0.15, 0.2) is 18.3 Å². The van der Waals surface area contributed by atoms with Crippen molar-refractivity contribution in [3.8, 4) is 0 Å². The highest BCUT2D eigenvalue weighted by Crippen LogP contribution is 2.05. The molecule has 0 amide bonds. The number of methoxy groups -OCH3 is 1. The average Bonchev–Trinajstić information content (AvgIpc) is 2.64. The quantitative estimate of drug-likeness (QED) is 0.727. The van der Waals surface area contributed by atoms with Gasteiger partial charge < -0.3 is 14.6 Å². The minimum absolute atomic E-state index is 0.293. The first-order valence-electron chi connectivity index (χ1n) is 4.59. The van der Waals surface area contributed by atoms with Crippen LogP contribution in [-0.2, 0) is 11.3 Å². The van der Waals surface area contributed by atoms with Gasteiger partial charge in [-0.05, 0) is 26.1 Å². The number of aromatic nitrogens is 1. The minimum atomic E-state index is -0.293. The van der Waals surface area contributed by atoms with Crippen molar-refractivity contribution in [1.82, 2.24) is 9.88 Å². The zero-order valence-corrected chi connectivity index (χ0v) is 8.78. The van der Waals surface area contributed by atoms with Gasteiger partial charge in [0.2, 0.25) is 0 Å². The second-order valence-corrected chi connectivity index (χ2v) is 3.23. The van der Waals surface area contributed by atoms with Gasteiger partial charge in [0, 0.05) is 18.8 Å². The van der Waals surface area contributed by atoms with E-state index in [2.05, 4.69) is 17.0 Å². The van der Waals surface area contributed by atoms with Gasteiger partial charge in [-0.3, -0.25) is 0 Å². The Morgan fingerprint density at radius 1 is 1.71 bits per heavy atom. The number of nitrogens with zero attached hydrogens (tertiary/aromatic N) is 1. The third-order valence-electron chi connectivity index (χ3n) is 2.19. The van der Waals surface area contributed by atoms with Gasteiger partial charge in [0.25, 0.3) is 0 Å². The number of ether oxygens (including phenoxy) is 1. The molecule has 1 heterocycles. The third kappa shape index (κ3) is 2.35. The summed E-state index contributed by atoms with van der Waals surface area (Å²) < 4.78 is 6.55. The van der Waals surface area contributed by atoms with Gasteiger partial charge in [0.1, 0.15) is 5.69 Å². The van der Waals surface area contributed by atoms with Gasteiger partial charge in [-0.2, -0.15) is 0 Å². The van der Waals surface area contributed by atoms with Crippen LogP contribution >= 0.6 is 0 Å². The van der Waals surface area contributed by atoms with Gasteiger partial charge in [-0.25, -0.2) is 4.79 Å². The average molecular weight is 196 g/mol. The molecule has 0 radical (unpaired) electrons. The topological polar surface area (TPSA) is 43.3 Å². The van der Waals surface area contributed by atoms with Crippen molar-refractivity contribution in [1.29, 1.82) is 0 Å². The normalized spacial score (nSPS) is 12.5. The fourth-order valence-electron chi connectivity index (χ4n) is 1.25. The maximum absolute atomic E-state index is 11.3. The molecule has 1 atom stereocenters. The second-order valence-electron chi connectivity index (χ2n) is 3.23. The van der Waals surface area contributed by atoms with E-state index in [0.29, 0.717) is 11.7 Å². The van der Waals surface area contributed by atoms with Gasteiger partial charge in [-0.1, -0.05) is 0 Å². The van der Waals surface area contributed by atoms with Crippen molar-refractivity contribution < 1.29 is 9.53 Å². The molecule has 4 nitrogen and oxygen atoms in total. The Kier molecular flexibility index (Phi) is 3.71. The summed E-state index contributed by atoms with van der Waals surface area (Å²) >= 11 is 0. The molecular formula is C10H16N2O2. The van der Waals surface area contributed by atoms with E-state index in [1.165, 1.54) is 7.11 Å². The van der Waals surface area contributed by atoms with Gasteiger partial charge in [0.15, 0.2) is 0 Å². The first kappa shape index (κ1) is 10.8. The van der Waals surface area contributed by atoms with Crippen molar-refractivity contribution in [3.05, 3.63) is 24.0 Å². The predicted molar refractivity (Wildman–Crippen MR) is 54.3 cm³/mol. The van der Waals surface area contributed by atoms with E-state index in [1.54, 1.807) is 6.07 Å². The summed E-state index contributed by atoms with van der Waals surface area (Å²) in [7, 11) is 3.28. The lowest BCUT2D eigenvalue weighted by atomic mass is 10.3. The van der Waals surface area contributed by atoms with Crippen LogP contribution in [0.5, 0.6) is 0 Å². The summed E-state index contributed by atoms with van der Waals surface area (Å²) in [6.07, 6.45) is 1.88. The zero-order chi connectivity index (χ0) is 10.6. The lowest BCUT2D eigenvalue weighted by molar-refractivity contribution is 0.0588. The van der Waals surface area contributed by atoms with E-state index in [-0.39, 0.29) is 5.97 Å². The molecule has 1 aromatic rings. The molecule has 0 aliphatic heterocycles. The number of rotatable bonds is 4. The summed E-state index contributed by atoms with van der Waals surface area (Å²) in [5.74, 6) is -0.293. The molecule has 0 spiro atoms. The van der Waals surface area contributed by atoms with Crippen LogP contribution in [-0.4, -0.2) is 30.7 Å². The van der Waals surface area contributed by atoms with Crippen molar-refractivity contribution in [2.45, 2.75) is 19.5 Å². The third-order valence-corrected chi connectivity index (χ3v) is 2.19. The minimum Gasteiger partial charge on any atom is -0.464 e. The van der Waals surface area contributed by atoms with E-state index in [1.807, 2.05) is 23.9 Å². The van der Waals surface area contributed by atoms with Gasteiger partial charge >= 0.3 is 5.97 Å². The second kappa shape index (κ2) is 4.81. The van der Waals surface area contributed by atoms with Crippen LogP contribution < -0.4 is 5.32 Å². The zero-order valence-electron chi connectivity index (χ0n) is 8.78. The highest BCUT2D eigenvalue weighted by atomic mass is 16.5. The molecule has 78 valence electrons. The predicted octanol–water partition coefficient (Wildman–Crippen LogP) is 0.883. The van der Waals surface area contributed by atoms with Gasteiger partial charge in [-0.15, -0.1) is 0 Å². The Bertz CT molecular complexity index is 307. The molecule has 0 saturated heterocycles. The molecular weight excluding hydrogens is 180 g/mol. The number of carbonyl (C=O) groups excluding carboxylic acids is 1. The van der Waals surface area contributed by atoms with Crippen LogP contribution in [0.25, 0.3) is 0 Å². The van der Waals surface area contributed by atoms with E-state index in [4.69, 9.17) is 0 Å². The van der Waals surface area contributed by atoms with E-state index >= 15 is 0 Å². The molecule has 1 unspecified atom stereocenters. The number of hydrogen-bond acceptors (Lipinski definition) is 3. The van der Waals surface area contributed by atoms with Crippen molar-refractivity contribution in [3.63, 3.8) is 0 Å². The maximum Gasteiger partial charge on any atom is 0.354 e. The number of esters is 1. The first-order chi connectivity index (χ1) is 6.69. The Hall–Kier alpha value is -1.29. The summed E-state index contributed by atoms with van der Waals surface area (Å²) in [6.45, 7) is 2.81. The van der Waals surface area contributed by atoms with E-state index in [9.17, 15) is 4.79 Å². The van der Waals surface area contributed by atoms with Crippen LogP contribution in [0, 0.1) is 0 Å². The number of nitrogens with one attached hydrogen (secondary N) is 1. The van der Waals surface area contributed by atoms with Crippen LogP contribution in [0.3, 0.4) is 0 Å². The molecule has 14 heavy (non-hydrogen) atoms. The number of likely N-dealkylation sites (N-methyl/N-ethyl adjacent to an activating group) is 1. The highest BCUT2D eigenvalue weighted by molar-refractivity contribution is 5.87. The summed E-state index contributed by atoms with van der Waals surface area (Å²) in [5.41, 5.74) is 0.592. The van der Waals surface area contributed by atoms with Crippen molar-refractivity contribution in [2.24, 2.45) is 0 Å². The van der Waals surface area contributed by atoms with E-state index in [0.717, 1.165) is 6.54 Å². The fourth-order valence-corrected chi connectivity index (χ4v) is 1.25. The molecule has 0 aliphatic carbocycles. The monoisotopic (exact) mass is 196 g/mol. The largest absolute Gasteiger partial charge is 0.464 e. The number of carbonyl (C=O) groups is 1. The van der Waals surface area contributed by atoms with Gasteiger partial charge in [0.05, 0.1) is 7.11 Å². The lowest BCUT2D eigenvalue weighted by Crippen LogP contribution is -2.27. The number of hydrogen-bond donors (Lipinski definition) is 1. The van der Waals surface area contributed by atoms with E-state index < -0.39 is 0 Å². The van der Waals surface area contributed by atoms with Crippen LogP contribution in [0.1, 0.15) is 17.4 Å². The Labute approximate surface area is 83.9 Å². The molecule has 1 aromatic heterocycles. The highest BCUT2D eigenvalue weighted by Gasteiger charge is 2.11. The summed E-state index contributed by atoms with van der Waals surface area (Å²) in [6, 6.07) is 3.92. The van der Waals surface area contributed by atoms with Crippen LogP contribution in [0.4, 0.5) is 0 Å². The molecule has 4 heteroatoms. The Morgan fingerprint density at radius 2 is 2.43 bits per heavy atom. The Balaban J connectivity index is 2.77. The molecule has 0 aliphatic rings. The maximum atomic E-state index is 11.3. The fraction of sp³-hybridized carbons (Fsp3) is 0.500. The Morgan fingerprint density at radius 3 is 3.00 bits per heavy atom. The lowest BCUT2D eigenvalue weighted by Gasteiger charge is -2.13. The molecule has 0 aromatic carbocycles. The molecule has 0 fully saturated rings. The summed E-state index contributed by atoms with van der Waals surface area (Å²) in [5, 5.41) is 3.11. The molecule has 1 N–H and O–H groups in total. The molecule has 1 rings (SSSR count). The van der Waals surface area contributed by atoms with Crippen LogP contribution in [0.2, 0.25) is 0 Å². The smallest absolute Gasteiger partial charge is 0.354 e. The molecule has 0 bridgehead atoms. The van der Waals surface area contributed by atoms with Crippen molar-refractivity contribution in [2.75, 3.05) is 14.2 Å². The standard InChI is InChI=1S/C10H16N2O2/c1-8(11-2)7-12-6-4-5-9(12)10(13)14-3/h4-6,8,11H,7H2,1-3H3. The SMILES string of the molecule is CNC(C)Cn1cccc1C(=O)OC. The first-order valence-corrected chi connectivity index (χ1v) is 4.59. The molecule has 0 saturated carbocycles. The van der Waals surface area contributed by atoms with Crippen molar-refractivity contribution >= 4 is 5.97 Å².